The Morgan fingerprint density at radius 3 is 3.00 bits per heavy atom. The van der Waals surface area contributed by atoms with E-state index in [2.05, 4.69) is 9.82 Å². The average Bonchev–Trinajstić information content (AvgIpc) is 2.48. The molecule has 0 saturated heterocycles. The molecule has 1 aromatic heterocycles. The van der Waals surface area contributed by atoms with Crippen LogP contribution in [0.5, 0.6) is 0 Å². The zero-order chi connectivity index (χ0) is 10.3. The van der Waals surface area contributed by atoms with Gasteiger partial charge in [-0.25, -0.2) is 17.9 Å². The van der Waals surface area contributed by atoms with Gasteiger partial charge >= 0.3 is 5.97 Å². The molecule has 0 bridgehead atoms. The van der Waals surface area contributed by atoms with Gasteiger partial charge in [0.2, 0.25) is 0 Å². The van der Waals surface area contributed by atoms with Crippen molar-refractivity contribution in [3.8, 4) is 0 Å². The minimum absolute atomic E-state index is 0.232. The fourth-order valence-electron chi connectivity index (χ4n) is 1.32. The number of rotatable bonds is 1. The quantitative estimate of drug-likeness (QED) is 0.620. The molecule has 0 saturated carbocycles. The molecule has 14 heavy (non-hydrogen) atoms. The average molecular weight is 217 g/mol. The van der Waals surface area contributed by atoms with E-state index < -0.39 is 16.0 Å². The molecule has 0 aromatic carbocycles. The molecule has 0 spiro atoms. The van der Waals surface area contributed by atoms with Crippen LogP contribution in [0, 0.1) is 0 Å². The Balaban J connectivity index is 2.71. The summed E-state index contributed by atoms with van der Waals surface area (Å²) in [6.07, 6.45) is 1.04. The SMILES string of the molecule is O=C(O)c1cnn2c1S(=O)(=O)NCC2. The van der Waals surface area contributed by atoms with Gasteiger partial charge in [0.15, 0.2) is 5.03 Å². The first-order valence-corrected chi connectivity index (χ1v) is 5.29. The van der Waals surface area contributed by atoms with Gasteiger partial charge in [0, 0.05) is 6.54 Å². The van der Waals surface area contributed by atoms with E-state index in [1.807, 2.05) is 0 Å². The third-order valence-electron chi connectivity index (χ3n) is 1.89. The van der Waals surface area contributed by atoms with Crippen LogP contribution in [0.15, 0.2) is 11.2 Å². The summed E-state index contributed by atoms with van der Waals surface area (Å²) in [5, 5.41) is 12.1. The van der Waals surface area contributed by atoms with Gasteiger partial charge in [0.05, 0.1) is 12.7 Å². The summed E-state index contributed by atoms with van der Waals surface area (Å²) in [5.74, 6) is -1.29. The van der Waals surface area contributed by atoms with Crippen molar-refractivity contribution in [1.29, 1.82) is 0 Å². The van der Waals surface area contributed by atoms with Crippen LogP contribution in [-0.4, -0.2) is 35.8 Å². The molecule has 0 fully saturated rings. The second kappa shape index (κ2) is 2.79. The van der Waals surface area contributed by atoms with Gasteiger partial charge < -0.3 is 5.11 Å². The smallest absolute Gasteiger partial charge is 0.340 e. The van der Waals surface area contributed by atoms with Crippen LogP contribution in [0.4, 0.5) is 0 Å². The third kappa shape index (κ3) is 1.19. The monoisotopic (exact) mass is 217 g/mol. The molecule has 1 aromatic rings. The summed E-state index contributed by atoms with van der Waals surface area (Å²) in [4.78, 5) is 10.7. The number of nitrogens with zero attached hydrogens (tertiary/aromatic N) is 2. The van der Waals surface area contributed by atoms with Crippen molar-refractivity contribution in [3.63, 3.8) is 0 Å². The lowest BCUT2D eigenvalue weighted by Crippen LogP contribution is -2.36. The largest absolute Gasteiger partial charge is 0.478 e. The first-order chi connectivity index (χ1) is 6.52. The topological polar surface area (TPSA) is 101 Å². The first kappa shape index (κ1) is 9.16. The highest BCUT2D eigenvalue weighted by Crippen LogP contribution is 2.17. The number of carboxylic acid groups (broad SMARTS) is 1. The molecular weight excluding hydrogens is 210 g/mol. The summed E-state index contributed by atoms with van der Waals surface area (Å²) in [7, 11) is -3.70. The molecule has 1 aliphatic heterocycles. The van der Waals surface area contributed by atoms with Crippen molar-refractivity contribution in [2.45, 2.75) is 11.6 Å². The van der Waals surface area contributed by atoms with Crippen molar-refractivity contribution in [3.05, 3.63) is 11.8 Å². The molecule has 7 nitrogen and oxygen atoms in total. The van der Waals surface area contributed by atoms with Gasteiger partial charge in [-0.3, -0.25) is 4.68 Å². The summed E-state index contributed by atoms with van der Waals surface area (Å²) in [6, 6.07) is 0. The van der Waals surface area contributed by atoms with Gasteiger partial charge in [-0.1, -0.05) is 0 Å². The van der Waals surface area contributed by atoms with Gasteiger partial charge in [-0.15, -0.1) is 0 Å². The predicted octanol–water partition coefficient (Wildman–Crippen LogP) is -1.13. The van der Waals surface area contributed by atoms with E-state index in [4.69, 9.17) is 5.11 Å². The Labute approximate surface area is 79.4 Å². The standard InChI is InChI=1S/C6H7N3O4S/c10-6(11)4-3-7-9-2-1-8-14(12,13)5(4)9/h3,8H,1-2H2,(H,10,11). The summed E-state index contributed by atoms with van der Waals surface area (Å²) < 4.78 is 26.3. The van der Waals surface area contributed by atoms with Crippen LogP contribution in [0.3, 0.4) is 0 Å². The van der Waals surface area contributed by atoms with Crippen molar-refractivity contribution in [2.24, 2.45) is 0 Å². The molecule has 0 amide bonds. The third-order valence-corrected chi connectivity index (χ3v) is 3.42. The van der Waals surface area contributed by atoms with Crippen LogP contribution in [0.25, 0.3) is 0 Å². The van der Waals surface area contributed by atoms with Crippen LogP contribution in [0.1, 0.15) is 10.4 Å². The number of aromatic nitrogens is 2. The van der Waals surface area contributed by atoms with Crippen molar-refractivity contribution in [2.75, 3.05) is 6.54 Å². The molecule has 2 N–H and O–H groups in total. The Bertz CT molecular complexity index is 489. The predicted molar refractivity (Wildman–Crippen MR) is 44.4 cm³/mol. The summed E-state index contributed by atoms with van der Waals surface area (Å²) >= 11 is 0. The fraction of sp³-hybridized carbons (Fsp3) is 0.333. The zero-order valence-electron chi connectivity index (χ0n) is 6.97. The highest BCUT2D eigenvalue weighted by atomic mass is 32.2. The second-order valence-corrected chi connectivity index (χ2v) is 4.47. The number of sulfonamides is 1. The number of carboxylic acids is 1. The van der Waals surface area contributed by atoms with Gasteiger partial charge in [0.25, 0.3) is 10.0 Å². The Morgan fingerprint density at radius 2 is 2.36 bits per heavy atom. The number of nitrogens with one attached hydrogen (secondary N) is 1. The van der Waals surface area contributed by atoms with Crippen LogP contribution in [0.2, 0.25) is 0 Å². The number of fused-ring (bicyclic) bond motifs is 1. The second-order valence-electron chi connectivity index (χ2n) is 2.79. The Morgan fingerprint density at radius 1 is 1.64 bits per heavy atom. The lowest BCUT2D eigenvalue weighted by molar-refractivity contribution is 0.0692. The highest BCUT2D eigenvalue weighted by Gasteiger charge is 2.30. The van der Waals surface area contributed by atoms with Crippen LogP contribution >= 0.6 is 0 Å². The maximum Gasteiger partial charge on any atom is 0.340 e. The van der Waals surface area contributed by atoms with E-state index >= 15 is 0 Å². The van der Waals surface area contributed by atoms with E-state index in [-0.39, 0.29) is 17.1 Å². The molecule has 0 atom stereocenters. The van der Waals surface area contributed by atoms with Gasteiger partial charge in [-0.05, 0) is 0 Å². The molecule has 2 heterocycles. The minimum atomic E-state index is -3.70. The summed E-state index contributed by atoms with van der Waals surface area (Å²) in [5.41, 5.74) is -0.294. The molecule has 8 heteroatoms. The summed E-state index contributed by atoms with van der Waals surface area (Å²) in [6.45, 7) is 0.581. The van der Waals surface area contributed by atoms with Crippen LogP contribution < -0.4 is 4.72 Å². The van der Waals surface area contributed by atoms with E-state index in [9.17, 15) is 13.2 Å². The fourth-order valence-corrected chi connectivity index (χ4v) is 2.66. The molecule has 2 rings (SSSR count). The van der Waals surface area contributed by atoms with Gasteiger partial charge in [0.1, 0.15) is 5.56 Å². The van der Waals surface area contributed by atoms with Crippen molar-refractivity contribution >= 4 is 16.0 Å². The highest BCUT2D eigenvalue weighted by molar-refractivity contribution is 7.89. The van der Waals surface area contributed by atoms with E-state index in [0.717, 1.165) is 6.20 Å². The van der Waals surface area contributed by atoms with E-state index in [0.29, 0.717) is 6.54 Å². The van der Waals surface area contributed by atoms with Gasteiger partial charge in [-0.2, -0.15) is 5.10 Å². The van der Waals surface area contributed by atoms with E-state index in [1.165, 1.54) is 4.68 Å². The van der Waals surface area contributed by atoms with Crippen molar-refractivity contribution < 1.29 is 18.3 Å². The minimum Gasteiger partial charge on any atom is -0.478 e. The van der Waals surface area contributed by atoms with Crippen LogP contribution in [-0.2, 0) is 16.6 Å². The number of hydrogen-bond donors (Lipinski definition) is 2. The molecule has 0 radical (unpaired) electrons. The molecule has 1 aliphatic rings. The molecular formula is C6H7N3O4S. The normalized spacial score (nSPS) is 18.9. The van der Waals surface area contributed by atoms with E-state index in [1.54, 1.807) is 0 Å². The number of aromatic carboxylic acids is 1. The lowest BCUT2D eigenvalue weighted by atomic mass is 10.4. The van der Waals surface area contributed by atoms with Crippen molar-refractivity contribution in [1.82, 2.24) is 14.5 Å². The number of carbonyl (C=O) groups is 1. The molecule has 0 unspecified atom stereocenters. The maximum atomic E-state index is 11.4. The first-order valence-electron chi connectivity index (χ1n) is 3.81. The maximum absolute atomic E-state index is 11.4. The zero-order valence-corrected chi connectivity index (χ0v) is 7.78. The Hall–Kier alpha value is -1.41. The Kier molecular flexibility index (Phi) is 1.82. The molecule has 76 valence electrons. The lowest BCUT2D eigenvalue weighted by Gasteiger charge is -2.15. The molecule has 0 aliphatic carbocycles. The number of hydrogen-bond acceptors (Lipinski definition) is 4.